The van der Waals surface area contributed by atoms with Crippen molar-refractivity contribution in [2.24, 2.45) is 14.1 Å². The van der Waals surface area contributed by atoms with Gasteiger partial charge in [0.15, 0.2) is 24.0 Å². The Balaban J connectivity index is 1.01. The summed E-state index contributed by atoms with van der Waals surface area (Å²) < 4.78 is 8.70. The molecule has 17 heteroatoms. The van der Waals surface area contributed by atoms with Crippen LogP contribution in [0.3, 0.4) is 0 Å². The highest BCUT2D eigenvalue weighted by molar-refractivity contribution is 6.33. The molecule has 0 saturated carbocycles. The van der Waals surface area contributed by atoms with Crippen molar-refractivity contribution in [2.45, 2.75) is 25.3 Å². The third-order valence-corrected chi connectivity index (χ3v) is 9.39. The van der Waals surface area contributed by atoms with E-state index in [4.69, 9.17) is 21.3 Å². The second-order valence-electron chi connectivity index (χ2n) is 12.4. The summed E-state index contributed by atoms with van der Waals surface area (Å²) >= 11 is 6.52. The number of aryl methyl sites for hydroxylation is 2. The van der Waals surface area contributed by atoms with Crippen molar-refractivity contribution in [3.05, 3.63) is 64.0 Å². The van der Waals surface area contributed by atoms with Crippen molar-refractivity contribution in [3.8, 4) is 5.75 Å². The molecule has 0 aliphatic carbocycles. The Labute approximate surface area is 296 Å². The minimum Gasteiger partial charge on any atom is -0.478 e. The number of piperidine rings is 1. The molecule has 4 N–H and O–H groups in total. The molecule has 16 nitrogen and oxygen atoms in total. The number of ether oxygens (including phenoxy) is 1. The van der Waals surface area contributed by atoms with Crippen molar-refractivity contribution in [2.75, 3.05) is 53.7 Å². The maximum Gasteiger partial charge on any atom is 0.329 e. The molecule has 2 aliphatic heterocycles. The van der Waals surface area contributed by atoms with E-state index in [2.05, 4.69) is 36.2 Å². The molecule has 4 amide bonds. The summed E-state index contributed by atoms with van der Waals surface area (Å²) in [4.78, 5) is 61.4. The van der Waals surface area contributed by atoms with Crippen LogP contribution >= 0.6 is 11.6 Å². The van der Waals surface area contributed by atoms with E-state index in [0.717, 1.165) is 47.9 Å². The van der Waals surface area contributed by atoms with E-state index in [-0.39, 0.29) is 48.7 Å². The van der Waals surface area contributed by atoms with Gasteiger partial charge in [0.05, 0.1) is 17.2 Å². The summed E-state index contributed by atoms with van der Waals surface area (Å²) in [6.45, 7) is 1.47. The molecular weight excluding hydrogens is 678 g/mol. The van der Waals surface area contributed by atoms with E-state index in [1.807, 2.05) is 43.4 Å². The van der Waals surface area contributed by atoms with Gasteiger partial charge in [-0.2, -0.15) is 10.1 Å². The van der Waals surface area contributed by atoms with Crippen molar-refractivity contribution < 1.29 is 19.1 Å². The number of fused-ring (bicyclic) bond motifs is 2. The first-order valence-electron chi connectivity index (χ1n) is 16.4. The number of hydrogen-bond acceptors (Lipinski definition) is 11. The molecule has 0 radical (unpaired) electrons. The maximum absolute atomic E-state index is 12.8. The maximum atomic E-state index is 12.8. The van der Waals surface area contributed by atoms with Gasteiger partial charge in [0.1, 0.15) is 5.02 Å². The first-order valence-corrected chi connectivity index (χ1v) is 16.8. The van der Waals surface area contributed by atoms with Gasteiger partial charge >= 0.3 is 6.03 Å². The smallest absolute Gasteiger partial charge is 0.329 e. The number of hydrogen-bond donors (Lipinski definition) is 4. The fourth-order valence-corrected chi connectivity index (χ4v) is 6.48. The number of halogens is 1. The number of carbonyl (C=O) groups excluding carboxylic acids is 3. The van der Waals surface area contributed by atoms with Gasteiger partial charge in [0, 0.05) is 75.4 Å². The molecule has 0 spiro atoms. The summed E-state index contributed by atoms with van der Waals surface area (Å²) in [5, 5.41) is 18.2. The highest BCUT2D eigenvalue weighted by Crippen LogP contribution is 2.31. The SMILES string of the molecule is CNC(=O)COc1cc2cc(Nc3nc(N4CCC(Nc5ccc6c(N7CCC(=O)NC7=O)nn(C)c6c5)CC4)ncc3Cl)ccc2n(C)c1=O. The average molecular weight is 714 g/mol. The van der Waals surface area contributed by atoms with Crippen LogP contribution in [0.25, 0.3) is 21.8 Å². The molecule has 264 valence electrons. The van der Waals surface area contributed by atoms with Gasteiger partial charge in [0.2, 0.25) is 11.9 Å². The van der Waals surface area contributed by atoms with Crippen molar-refractivity contribution in [1.82, 2.24) is 34.9 Å². The van der Waals surface area contributed by atoms with Gasteiger partial charge < -0.3 is 30.2 Å². The minimum absolute atomic E-state index is 0.0700. The highest BCUT2D eigenvalue weighted by atomic mass is 35.5. The lowest BCUT2D eigenvalue weighted by Gasteiger charge is -2.33. The third kappa shape index (κ3) is 6.81. The Morgan fingerprint density at radius 2 is 1.80 bits per heavy atom. The Hall–Kier alpha value is -5.90. The van der Waals surface area contributed by atoms with Crippen LogP contribution in [0.5, 0.6) is 5.75 Å². The second-order valence-corrected chi connectivity index (χ2v) is 12.8. The number of nitrogens with zero attached hydrogens (tertiary/aromatic N) is 7. The largest absolute Gasteiger partial charge is 0.478 e. The van der Waals surface area contributed by atoms with Crippen LogP contribution < -0.4 is 41.4 Å². The van der Waals surface area contributed by atoms with Gasteiger partial charge in [0.25, 0.3) is 11.5 Å². The molecule has 2 aromatic carbocycles. The van der Waals surface area contributed by atoms with Crippen LogP contribution in [0.15, 0.2) is 53.5 Å². The lowest BCUT2D eigenvalue weighted by atomic mass is 10.0. The molecule has 51 heavy (non-hydrogen) atoms. The second kappa shape index (κ2) is 13.8. The average Bonchev–Trinajstić information content (AvgIpc) is 3.45. The third-order valence-electron chi connectivity index (χ3n) is 9.11. The number of amides is 4. The van der Waals surface area contributed by atoms with Crippen LogP contribution in [-0.4, -0.2) is 81.5 Å². The topological polar surface area (TPSA) is 181 Å². The molecule has 3 aromatic heterocycles. The lowest BCUT2D eigenvalue weighted by molar-refractivity contribution is -0.122. The van der Waals surface area contributed by atoms with E-state index in [0.29, 0.717) is 33.8 Å². The Kier molecular flexibility index (Phi) is 9.08. The quantitative estimate of drug-likeness (QED) is 0.176. The number of urea groups is 1. The zero-order chi connectivity index (χ0) is 35.8. The molecule has 2 fully saturated rings. The van der Waals surface area contributed by atoms with Crippen LogP contribution in [0.2, 0.25) is 5.02 Å². The predicted molar refractivity (Wildman–Crippen MR) is 194 cm³/mol. The summed E-state index contributed by atoms with van der Waals surface area (Å²) in [5.74, 6) is 0.974. The van der Waals surface area contributed by atoms with Crippen LogP contribution in [0.1, 0.15) is 19.3 Å². The Morgan fingerprint density at radius 3 is 2.57 bits per heavy atom. The van der Waals surface area contributed by atoms with Crippen LogP contribution in [-0.2, 0) is 23.7 Å². The minimum atomic E-state index is -0.462. The van der Waals surface area contributed by atoms with E-state index >= 15 is 0 Å². The summed E-state index contributed by atoms with van der Waals surface area (Å²) in [5.41, 5.74) is 2.86. The van der Waals surface area contributed by atoms with Crippen LogP contribution in [0, 0.1) is 0 Å². The summed E-state index contributed by atoms with van der Waals surface area (Å²) in [7, 11) is 4.98. The molecule has 2 saturated heterocycles. The fraction of sp³-hybridized carbons (Fsp3) is 0.324. The Bertz CT molecular complexity index is 2250. The van der Waals surface area contributed by atoms with E-state index in [9.17, 15) is 19.2 Å². The van der Waals surface area contributed by atoms with E-state index in [1.54, 1.807) is 24.0 Å². The molecule has 2 aliphatic rings. The zero-order valence-corrected chi connectivity index (χ0v) is 29.0. The van der Waals surface area contributed by atoms with Crippen molar-refractivity contribution in [1.29, 1.82) is 0 Å². The van der Waals surface area contributed by atoms with Gasteiger partial charge in [-0.25, -0.2) is 9.78 Å². The van der Waals surface area contributed by atoms with Crippen LogP contribution in [0.4, 0.5) is 33.8 Å². The normalized spacial score (nSPS) is 15.3. The van der Waals surface area contributed by atoms with Gasteiger partial charge in [-0.3, -0.25) is 29.3 Å². The number of anilines is 5. The first-order chi connectivity index (χ1) is 24.6. The number of benzene rings is 2. The number of rotatable bonds is 9. The van der Waals surface area contributed by atoms with Crippen molar-refractivity contribution in [3.63, 3.8) is 0 Å². The number of pyridine rings is 1. The van der Waals surface area contributed by atoms with Crippen molar-refractivity contribution >= 4 is 80.2 Å². The fourth-order valence-electron chi connectivity index (χ4n) is 6.34. The molecule has 7 rings (SSSR count). The van der Waals surface area contributed by atoms with Gasteiger partial charge in [-0.05, 0) is 55.3 Å². The van der Waals surface area contributed by atoms with E-state index < -0.39 is 6.03 Å². The van der Waals surface area contributed by atoms with Gasteiger partial charge in [-0.15, -0.1) is 0 Å². The summed E-state index contributed by atoms with van der Waals surface area (Å²) in [6.07, 6.45) is 3.50. The summed E-state index contributed by atoms with van der Waals surface area (Å²) in [6, 6.07) is 12.8. The highest BCUT2D eigenvalue weighted by Gasteiger charge is 2.28. The molecular formula is C34H36ClN11O5. The molecule has 5 heterocycles. The monoisotopic (exact) mass is 713 g/mol. The number of imide groups is 1. The Morgan fingerprint density at radius 1 is 1.02 bits per heavy atom. The van der Waals surface area contributed by atoms with E-state index in [1.165, 1.54) is 16.5 Å². The number of carbonyl (C=O) groups is 3. The first kappa shape index (κ1) is 33.6. The predicted octanol–water partition coefficient (Wildman–Crippen LogP) is 3.26. The number of nitrogens with one attached hydrogen (secondary N) is 4. The molecule has 0 bridgehead atoms. The zero-order valence-electron chi connectivity index (χ0n) is 28.2. The molecule has 0 atom stereocenters. The molecule has 0 unspecified atom stereocenters. The van der Waals surface area contributed by atoms with Gasteiger partial charge in [-0.1, -0.05) is 11.6 Å². The number of aromatic nitrogens is 5. The lowest BCUT2D eigenvalue weighted by Crippen LogP contribution is -2.49. The standard InChI is InChI=1S/C34H36ClN11O5/c1-36-29(48)18-51-27-15-19-14-21(5-7-25(19)43(2)32(27)49)39-30-24(35)17-37-33(41-30)45-11-8-20(9-12-45)38-22-4-6-23-26(16-22)44(3)42-31(23)46-13-10-28(47)40-34(46)50/h4-7,14-17,20,38H,8-13,18H2,1-3H3,(H,36,48)(H,37,39,41)(H,40,47,50). The molecule has 5 aromatic rings. The number of likely N-dealkylation sites (N-methyl/N-ethyl adjacent to an activating group) is 1.